The lowest BCUT2D eigenvalue weighted by atomic mass is 10.3. The van der Waals surface area contributed by atoms with Crippen molar-refractivity contribution in [1.29, 1.82) is 0 Å². The number of hydrogen-bond acceptors (Lipinski definition) is 5. The van der Waals surface area contributed by atoms with Crippen LogP contribution in [0.25, 0.3) is 5.52 Å². The number of carbonyl (C=O) groups is 2. The number of fused-ring (bicyclic) bond motifs is 1. The van der Waals surface area contributed by atoms with Gasteiger partial charge in [0.1, 0.15) is 22.7 Å². The van der Waals surface area contributed by atoms with Gasteiger partial charge in [-0.05, 0) is 6.07 Å². The fourth-order valence-electron chi connectivity index (χ4n) is 1.58. The highest BCUT2D eigenvalue weighted by molar-refractivity contribution is 5.93. The molecule has 0 atom stereocenters. The number of hydrogen-bond donors (Lipinski definition) is 1. The lowest BCUT2D eigenvalue weighted by Gasteiger charge is -2.07. The minimum Gasteiger partial charge on any atom is -0.495 e. The molecule has 7 nitrogen and oxygen atoms in total. The summed E-state index contributed by atoms with van der Waals surface area (Å²) in [5.74, 6) is -0.535. The highest BCUT2D eigenvalue weighted by Crippen LogP contribution is 2.26. The first-order chi connectivity index (χ1) is 9.01. The third-order valence-corrected chi connectivity index (χ3v) is 2.46. The number of carboxylic acids is 1. The molecule has 0 saturated carbocycles. The first-order valence-electron chi connectivity index (χ1n) is 5.44. The number of rotatable bonds is 5. The van der Waals surface area contributed by atoms with Gasteiger partial charge in [0.15, 0.2) is 12.4 Å². The van der Waals surface area contributed by atoms with Gasteiger partial charge in [0.05, 0.1) is 13.3 Å². The molecule has 0 spiro atoms. The minimum absolute atomic E-state index is 0.188. The van der Waals surface area contributed by atoms with E-state index >= 15 is 0 Å². The van der Waals surface area contributed by atoms with Gasteiger partial charge in [-0.25, -0.2) is 9.31 Å². The number of ether oxygens (including phenoxy) is 2. The minimum atomic E-state index is -1.09. The molecule has 2 aromatic rings. The molecule has 0 bridgehead atoms. The summed E-state index contributed by atoms with van der Waals surface area (Å²) in [7, 11) is 1.47. The van der Waals surface area contributed by atoms with Gasteiger partial charge in [0, 0.05) is 13.0 Å². The van der Waals surface area contributed by atoms with Gasteiger partial charge >= 0.3 is 5.97 Å². The van der Waals surface area contributed by atoms with Crippen molar-refractivity contribution in [1.82, 2.24) is 9.61 Å². The van der Waals surface area contributed by atoms with Gasteiger partial charge in [-0.15, -0.1) is 0 Å². The number of ketones is 1. The van der Waals surface area contributed by atoms with Crippen LogP contribution in [-0.4, -0.2) is 40.2 Å². The van der Waals surface area contributed by atoms with Crippen LogP contribution in [0.3, 0.4) is 0 Å². The zero-order valence-corrected chi connectivity index (χ0v) is 10.4. The standard InChI is InChI=1S/C12H12N2O5/c1-7(15)9-4-10-11(19-6-12(16)17)3-8(18-2)5-14(10)13-9/h3-5H,6H2,1-2H3,(H,16,17). The molecular weight excluding hydrogens is 252 g/mol. The largest absolute Gasteiger partial charge is 0.495 e. The van der Waals surface area contributed by atoms with Crippen molar-refractivity contribution in [2.45, 2.75) is 6.92 Å². The molecule has 100 valence electrons. The van der Waals surface area contributed by atoms with Crippen LogP contribution in [0.1, 0.15) is 17.4 Å². The summed E-state index contributed by atoms with van der Waals surface area (Å²) < 4.78 is 11.7. The quantitative estimate of drug-likeness (QED) is 0.810. The third-order valence-electron chi connectivity index (χ3n) is 2.46. The Hall–Kier alpha value is -2.57. The molecule has 0 fully saturated rings. The summed E-state index contributed by atoms with van der Waals surface area (Å²) in [4.78, 5) is 21.8. The molecule has 0 radical (unpaired) electrons. The van der Waals surface area contributed by atoms with Crippen molar-refractivity contribution in [2.24, 2.45) is 0 Å². The van der Waals surface area contributed by atoms with E-state index in [4.69, 9.17) is 14.6 Å². The van der Waals surface area contributed by atoms with E-state index in [1.54, 1.807) is 18.3 Å². The number of nitrogens with zero attached hydrogens (tertiary/aromatic N) is 2. The second kappa shape index (κ2) is 4.97. The smallest absolute Gasteiger partial charge is 0.341 e. The van der Waals surface area contributed by atoms with Crippen LogP contribution in [0.2, 0.25) is 0 Å². The van der Waals surface area contributed by atoms with Gasteiger partial charge in [0.2, 0.25) is 0 Å². The van der Waals surface area contributed by atoms with E-state index in [0.717, 1.165) is 0 Å². The van der Waals surface area contributed by atoms with Crippen LogP contribution >= 0.6 is 0 Å². The monoisotopic (exact) mass is 264 g/mol. The van der Waals surface area contributed by atoms with Crippen molar-refractivity contribution in [2.75, 3.05) is 13.7 Å². The van der Waals surface area contributed by atoms with Crippen LogP contribution < -0.4 is 9.47 Å². The molecule has 0 aromatic carbocycles. The van der Waals surface area contributed by atoms with Crippen molar-refractivity contribution in [3.8, 4) is 11.5 Å². The molecule has 0 unspecified atom stereocenters. The van der Waals surface area contributed by atoms with E-state index in [-0.39, 0.29) is 11.5 Å². The van der Waals surface area contributed by atoms with E-state index < -0.39 is 12.6 Å². The number of carboxylic acid groups (broad SMARTS) is 1. The Bertz CT molecular complexity index is 647. The molecule has 1 N–H and O–H groups in total. The van der Waals surface area contributed by atoms with Crippen molar-refractivity contribution in [3.05, 3.63) is 24.0 Å². The summed E-state index contributed by atoms with van der Waals surface area (Å²) in [6, 6.07) is 3.09. The Balaban J connectivity index is 2.51. The molecule has 0 saturated heterocycles. The maximum absolute atomic E-state index is 11.3. The van der Waals surface area contributed by atoms with Gasteiger partial charge in [-0.1, -0.05) is 0 Å². The Morgan fingerprint density at radius 1 is 1.42 bits per heavy atom. The first kappa shape index (κ1) is 12.9. The zero-order chi connectivity index (χ0) is 14.0. The Morgan fingerprint density at radius 2 is 2.16 bits per heavy atom. The Morgan fingerprint density at radius 3 is 2.74 bits per heavy atom. The van der Waals surface area contributed by atoms with E-state index in [1.165, 1.54) is 18.5 Å². The van der Waals surface area contributed by atoms with Crippen LogP contribution in [0, 0.1) is 0 Å². The normalized spacial score (nSPS) is 10.4. The van der Waals surface area contributed by atoms with E-state index in [1.807, 2.05) is 0 Å². The molecule has 2 rings (SSSR count). The molecule has 0 aliphatic carbocycles. The first-order valence-corrected chi connectivity index (χ1v) is 5.44. The van der Waals surface area contributed by atoms with E-state index in [0.29, 0.717) is 17.0 Å². The van der Waals surface area contributed by atoms with Crippen LogP contribution in [-0.2, 0) is 4.79 Å². The van der Waals surface area contributed by atoms with Crippen molar-refractivity contribution < 1.29 is 24.2 Å². The molecule has 19 heavy (non-hydrogen) atoms. The van der Waals surface area contributed by atoms with Crippen molar-refractivity contribution in [3.63, 3.8) is 0 Å². The number of methoxy groups -OCH3 is 1. The van der Waals surface area contributed by atoms with Crippen molar-refractivity contribution >= 4 is 17.3 Å². The number of carbonyl (C=O) groups excluding carboxylic acids is 1. The highest BCUT2D eigenvalue weighted by Gasteiger charge is 2.13. The van der Waals surface area contributed by atoms with Gasteiger partial charge < -0.3 is 14.6 Å². The van der Waals surface area contributed by atoms with Gasteiger partial charge in [-0.3, -0.25) is 4.79 Å². The Kier molecular flexibility index (Phi) is 3.37. The molecule has 0 amide bonds. The van der Waals surface area contributed by atoms with Crippen LogP contribution in [0.4, 0.5) is 0 Å². The molecule has 7 heteroatoms. The summed E-state index contributed by atoms with van der Waals surface area (Å²) in [6.07, 6.45) is 1.58. The molecule has 2 heterocycles. The Labute approximate surface area is 108 Å². The second-order valence-corrected chi connectivity index (χ2v) is 3.84. The predicted molar refractivity (Wildman–Crippen MR) is 64.9 cm³/mol. The molecule has 0 aliphatic rings. The fourth-order valence-corrected chi connectivity index (χ4v) is 1.58. The third kappa shape index (κ3) is 2.65. The van der Waals surface area contributed by atoms with Crippen LogP contribution in [0.5, 0.6) is 11.5 Å². The molecule has 0 aliphatic heterocycles. The second-order valence-electron chi connectivity index (χ2n) is 3.84. The number of Topliss-reactive ketones (excluding diaryl/α,β-unsaturated/α-hetero) is 1. The number of pyridine rings is 1. The average Bonchev–Trinajstić information content (AvgIpc) is 2.79. The summed E-state index contributed by atoms with van der Waals surface area (Å²) in [5.41, 5.74) is 0.778. The molecular formula is C12H12N2O5. The molecule has 2 aromatic heterocycles. The topological polar surface area (TPSA) is 90.1 Å². The van der Waals surface area contributed by atoms with Gasteiger partial charge in [0.25, 0.3) is 0 Å². The lowest BCUT2D eigenvalue weighted by Crippen LogP contribution is -2.10. The summed E-state index contributed by atoms with van der Waals surface area (Å²) in [5, 5.41) is 12.7. The van der Waals surface area contributed by atoms with Gasteiger partial charge in [-0.2, -0.15) is 5.10 Å². The van der Waals surface area contributed by atoms with E-state index in [9.17, 15) is 9.59 Å². The maximum Gasteiger partial charge on any atom is 0.341 e. The lowest BCUT2D eigenvalue weighted by molar-refractivity contribution is -0.139. The highest BCUT2D eigenvalue weighted by atomic mass is 16.5. The van der Waals surface area contributed by atoms with E-state index in [2.05, 4.69) is 5.10 Å². The fraction of sp³-hybridized carbons (Fsp3) is 0.250. The SMILES string of the molecule is COc1cc(OCC(=O)O)c2cc(C(C)=O)nn2c1. The number of aliphatic carboxylic acids is 1. The zero-order valence-electron chi connectivity index (χ0n) is 10.4. The number of aromatic nitrogens is 2. The summed E-state index contributed by atoms with van der Waals surface area (Å²) >= 11 is 0. The maximum atomic E-state index is 11.3. The summed E-state index contributed by atoms with van der Waals surface area (Å²) in [6.45, 7) is 0.917. The predicted octanol–water partition coefficient (Wildman–Crippen LogP) is 1.01. The van der Waals surface area contributed by atoms with Crippen LogP contribution in [0.15, 0.2) is 18.3 Å². The average molecular weight is 264 g/mol.